The summed E-state index contributed by atoms with van der Waals surface area (Å²) in [6.07, 6.45) is 4.95. The fraction of sp³-hybridized carbons (Fsp3) is 0.217. The highest BCUT2D eigenvalue weighted by Gasteiger charge is 2.24. The summed E-state index contributed by atoms with van der Waals surface area (Å²) >= 11 is 0. The van der Waals surface area contributed by atoms with Crippen LogP contribution in [0.4, 0.5) is 0 Å². The molecule has 2 amide bonds. The van der Waals surface area contributed by atoms with Gasteiger partial charge in [-0.05, 0) is 37.1 Å². The number of nitrogens with zero attached hydrogens (tertiary/aromatic N) is 1. The van der Waals surface area contributed by atoms with Crippen LogP contribution >= 0.6 is 0 Å². The van der Waals surface area contributed by atoms with Gasteiger partial charge in [-0.15, -0.1) is 0 Å². The zero-order chi connectivity index (χ0) is 19.5. The molecule has 0 unspecified atom stereocenters. The van der Waals surface area contributed by atoms with Crippen LogP contribution in [0, 0.1) is 0 Å². The number of aromatic nitrogens is 1. The molecule has 1 aliphatic heterocycles. The molecule has 142 valence electrons. The predicted octanol–water partition coefficient (Wildman–Crippen LogP) is 3.60. The molecule has 1 atom stereocenters. The Balaban J connectivity index is 1.41. The molecular formula is C23H23N3O2. The Kier molecular flexibility index (Phi) is 4.98. The number of benzene rings is 2. The molecule has 2 heterocycles. The van der Waals surface area contributed by atoms with Crippen molar-refractivity contribution in [2.75, 3.05) is 13.1 Å². The average Bonchev–Trinajstić information content (AvgIpc) is 3.18. The Morgan fingerprint density at radius 3 is 2.57 bits per heavy atom. The van der Waals surface area contributed by atoms with Gasteiger partial charge in [0.15, 0.2) is 0 Å². The second kappa shape index (κ2) is 7.72. The average molecular weight is 373 g/mol. The third-order valence-electron chi connectivity index (χ3n) is 5.21. The van der Waals surface area contributed by atoms with E-state index in [9.17, 15) is 9.59 Å². The van der Waals surface area contributed by atoms with Gasteiger partial charge in [0.05, 0.1) is 0 Å². The maximum absolute atomic E-state index is 12.7. The Bertz CT molecular complexity index is 1040. The van der Waals surface area contributed by atoms with E-state index in [4.69, 9.17) is 0 Å². The summed E-state index contributed by atoms with van der Waals surface area (Å²) in [7, 11) is 0. The zero-order valence-electron chi connectivity index (χ0n) is 15.8. The molecule has 1 aliphatic rings. The summed E-state index contributed by atoms with van der Waals surface area (Å²) in [6.45, 7) is 2.94. The van der Waals surface area contributed by atoms with Crippen molar-refractivity contribution < 1.29 is 9.59 Å². The number of nitrogens with one attached hydrogen (secondary N) is 2. The number of amides is 2. The number of carbonyl (C=O) groups is 2. The quantitative estimate of drug-likeness (QED) is 0.734. The monoisotopic (exact) mass is 373 g/mol. The van der Waals surface area contributed by atoms with Gasteiger partial charge in [0, 0.05) is 41.3 Å². The van der Waals surface area contributed by atoms with E-state index in [-0.39, 0.29) is 11.8 Å². The molecule has 0 aliphatic carbocycles. The molecule has 2 N–H and O–H groups in total. The second-order valence-electron chi connectivity index (χ2n) is 7.07. The van der Waals surface area contributed by atoms with Gasteiger partial charge in [0.25, 0.3) is 5.91 Å². The van der Waals surface area contributed by atoms with Gasteiger partial charge in [0.2, 0.25) is 5.91 Å². The van der Waals surface area contributed by atoms with Crippen LogP contribution in [0.3, 0.4) is 0 Å². The van der Waals surface area contributed by atoms with Crippen LogP contribution in [0.2, 0.25) is 0 Å². The molecular weight excluding hydrogens is 350 g/mol. The normalized spacial score (nSPS) is 15.2. The number of carbonyl (C=O) groups excluding carboxylic acids is 2. The van der Waals surface area contributed by atoms with Crippen LogP contribution in [0.25, 0.3) is 16.5 Å². The molecule has 0 saturated heterocycles. The third kappa shape index (κ3) is 3.56. The maximum Gasteiger partial charge on any atom is 0.251 e. The van der Waals surface area contributed by atoms with Crippen molar-refractivity contribution in [1.82, 2.24) is 15.2 Å². The minimum absolute atomic E-state index is 0.0569. The largest absolute Gasteiger partial charge is 0.361 e. The lowest BCUT2D eigenvalue weighted by molar-refractivity contribution is -0.132. The smallest absolute Gasteiger partial charge is 0.251 e. The third-order valence-corrected chi connectivity index (χ3v) is 5.21. The molecule has 0 radical (unpaired) electrons. The van der Waals surface area contributed by atoms with Crippen LogP contribution in [-0.2, 0) is 4.79 Å². The van der Waals surface area contributed by atoms with E-state index in [0.29, 0.717) is 18.7 Å². The summed E-state index contributed by atoms with van der Waals surface area (Å²) in [5, 5.41) is 4.01. The predicted molar refractivity (Wildman–Crippen MR) is 111 cm³/mol. The van der Waals surface area contributed by atoms with Crippen molar-refractivity contribution in [2.24, 2.45) is 0 Å². The van der Waals surface area contributed by atoms with Gasteiger partial charge in [0.1, 0.15) is 6.04 Å². The fourth-order valence-electron chi connectivity index (χ4n) is 3.66. The second-order valence-corrected chi connectivity index (χ2v) is 7.07. The van der Waals surface area contributed by atoms with Crippen molar-refractivity contribution in [3.8, 4) is 0 Å². The molecule has 0 spiro atoms. The summed E-state index contributed by atoms with van der Waals surface area (Å²) in [5.74, 6) is -0.285. The number of hydrogen-bond donors (Lipinski definition) is 2. The Hall–Kier alpha value is -3.34. The van der Waals surface area contributed by atoms with Crippen molar-refractivity contribution in [3.63, 3.8) is 0 Å². The van der Waals surface area contributed by atoms with E-state index in [1.54, 1.807) is 24.0 Å². The van der Waals surface area contributed by atoms with Gasteiger partial charge in [-0.3, -0.25) is 9.59 Å². The summed E-state index contributed by atoms with van der Waals surface area (Å²) in [4.78, 5) is 30.1. The minimum atomic E-state index is -0.559. The first-order valence-electron chi connectivity index (χ1n) is 9.53. The van der Waals surface area contributed by atoms with E-state index in [2.05, 4.69) is 28.5 Å². The molecule has 5 nitrogen and oxygen atoms in total. The van der Waals surface area contributed by atoms with Crippen molar-refractivity contribution in [1.29, 1.82) is 0 Å². The van der Waals surface area contributed by atoms with E-state index in [1.807, 2.05) is 36.5 Å². The van der Waals surface area contributed by atoms with E-state index in [1.165, 1.54) is 16.5 Å². The van der Waals surface area contributed by atoms with Crippen molar-refractivity contribution in [2.45, 2.75) is 19.4 Å². The molecule has 4 rings (SSSR count). The van der Waals surface area contributed by atoms with Gasteiger partial charge in [-0.1, -0.05) is 42.5 Å². The zero-order valence-corrected chi connectivity index (χ0v) is 15.8. The first kappa shape index (κ1) is 18.0. The van der Waals surface area contributed by atoms with Crippen molar-refractivity contribution >= 4 is 28.3 Å². The summed E-state index contributed by atoms with van der Waals surface area (Å²) in [6, 6.07) is 16.6. The van der Waals surface area contributed by atoms with Gasteiger partial charge in [-0.25, -0.2) is 0 Å². The van der Waals surface area contributed by atoms with Gasteiger partial charge in [-0.2, -0.15) is 0 Å². The lowest BCUT2D eigenvalue weighted by Crippen LogP contribution is -2.48. The lowest BCUT2D eigenvalue weighted by Gasteiger charge is -2.29. The fourth-order valence-corrected chi connectivity index (χ4v) is 3.66. The van der Waals surface area contributed by atoms with E-state index < -0.39 is 6.04 Å². The summed E-state index contributed by atoms with van der Waals surface area (Å²) < 4.78 is 0. The maximum atomic E-state index is 12.7. The number of H-pyrrole nitrogens is 1. The highest BCUT2D eigenvalue weighted by molar-refractivity contribution is 5.97. The van der Waals surface area contributed by atoms with E-state index >= 15 is 0 Å². The van der Waals surface area contributed by atoms with Crippen molar-refractivity contribution in [3.05, 3.63) is 78.0 Å². The van der Waals surface area contributed by atoms with Gasteiger partial charge < -0.3 is 15.2 Å². The molecule has 0 fully saturated rings. The summed E-state index contributed by atoms with van der Waals surface area (Å²) in [5.41, 5.74) is 4.13. The number of fused-ring (bicyclic) bond motifs is 1. The van der Waals surface area contributed by atoms with Crippen LogP contribution in [0.15, 0.2) is 66.9 Å². The number of rotatable bonds is 4. The Morgan fingerprint density at radius 1 is 1.07 bits per heavy atom. The lowest BCUT2D eigenvalue weighted by atomic mass is 9.98. The number of hydrogen-bond acceptors (Lipinski definition) is 2. The highest BCUT2D eigenvalue weighted by Crippen LogP contribution is 2.29. The number of aromatic amines is 1. The molecule has 0 bridgehead atoms. The van der Waals surface area contributed by atoms with Crippen LogP contribution in [-0.4, -0.2) is 40.8 Å². The standard InChI is InChI=1S/C23H23N3O2/c1-16(25-22(27)18-7-3-2-4-8-18)23(28)26-13-11-17(12-14-26)20-15-24-21-10-6-5-9-19(20)21/h2-11,15-16,24H,12-14H2,1H3,(H,25,27)/t16-/m0/s1. The SMILES string of the molecule is C[C@H](NC(=O)c1ccccc1)C(=O)N1CC=C(c2c[nH]c3ccccc23)CC1. The highest BCUT2D eigenvalue weighted by atomic mass is 16.2. The Labute approximate surface area is 164 Å². The van der Waals surface area contributed by atoms with Crippen LogP contribution in [0.5, 0.6) is 0 Å². The van der Waals surface area contributed by atoms with Crippen LogP contribution in [0.1, 0.15) is 29.3 Å². The minimum Gasteiger partial charge on any atom is -0.361 e. The molecule has 28 heavy (non-hydrogen) atoms. The molecule has 5 heteroatoms. The number of para-hydroxylation sites is 1. The Morgan fingerprint density at radius 2 is 1.82 bits per heavy atom. The first-order chi connectivity index (χ1) is 13.6. The van der Waals surface area contributed by atoms with E-state index in [0.717, 1.165) is 11.9 Å². The topological polar surface area (TPSA) is 65.2 Å². The molecule has 1 aromatic heterocycles. The van der Waals surface area contributed by atoms with Gasteiger partial charge >= 0.3 is 0 Å². The van der Waals surface area contributed by atoms with Crippen LogP contribution < -0.4 is 5.32 Å². The molecule has 2 aromatic carbocycles. The molecule has 3 aromatic rings. The molecule has 0 saturated carbocycles. The first-order valence-corrected chi connectivity index (χ1v) is 9.53.